The summed E-state index contributed by atoms with van der Waals surface area (Å²) in [4.78, 5) is 26.2. The van der Waals surface area contributed by atoms with Crippen molar-refractivity contribution in [1.82, 2.24) is 15.0 Å². The lowest BCUT2D eigenvalue weighted by atomic mass is 10.0. The van der Waals surface area contributed by atoms with Crippen LogP contribution in [0, 0.1) is 11.8 Å². The second-order valence-electron chi connectivity index (χ2n) is 12.6. The number of aromatic nitrogens is 3. The van der Waals surface area contributed by atoms with Crippen LogP contribution < -0.4 is 14.2 Å². The number of rotatable bonds is 21. The van der Waals surface area contributed by atoms with E-state index >= 15 is 0 Å². The Labute approximate surface area is 297 Å². The van der Waals surface area contributed by atoms with Gasteiger partial charge in [-0.3, -0.25) is 0 Å². The molecular weight excluding hydrogens is 630 g/mol. The molecule has 0 fully saturated rings. The fourth-order valence-corrected chi connectivity index (χ4v) is 5.51. The number of unbranched alkanes of at least 4 members (excludes halogenated alkanes) is 2. The molecule has 4 aromatic rings. The molecule has 0 radical (unpaired) electrons. The standard InChI is InChI=1S/C41H53N3O6/c1-6-11-13-29(8-3)26-48-33-19-15-31(16-20-33)39-42-40(32-17-21-34(22-18-32)49-27-30(9-4)14-12-7-2)44-41(43-39)36-24-23-35(25-37(36)45)50-28-38(46)47-10-5/h15-25,29-30,45H,6-14,26-28H2,1-5H3. The van der Waals surface area contributed by atoms with Gasteiger partial charge in [-0.1, -0.05) is 66.2 Å². The quantitative estimate of drug-likeness (QED) is 0.0858. The number of hydrogen-bond acceptors (Lipinski definition) is 9. The van der Waals surface area contributed by atoms with Crippen molar-refractivity contribution in [2.24, 2.45) is 11.8 Å². The monoisotopic (exact) mass is 683 g/mol. The number of carbonyl (C=O) groups excluding carboxylic acids is 1. The number of aromatic hydroxyl groups is 1. The number of phenolic OH excluding ortho intramolecular Hbond substituents is 1. The van der Waals surface area contributed by atoms with Gasteiger partial charge in [-0.2, -0.15) is 0 Å². The van der Waals surface area contributed by atoms with Gasteiger partial charge in [0.15, 0.2) is 24.1 Å². The van der Waals surface area contributed by atoms with Gasteiger partial charge in [0.1, 0.15) is 23.0 Å². The first-order valence-electron chi connectivity index (χ1n) is 18.2. The highest BCUT2D eigenvalue weighted by molar-refractivity contribution is 5.72. The van der Waals surface area contributed by atoms with E-state index in [-0.39, 0.29) is 19.0 Å². The van der Waals surface area contributed by atoms with Gasteiger partial charge in [0.25, 0.3) is 0 Å². The summed E-state index contributed by atoms with van der Waals surface area (Å²) >= 11 is 0. The van der Waals surface area contributed by atoms with Crippen LogP contribution in [-0.2, 0) is 9.53 Å². The predicted octanol–water partition coefficient (Wildman–Crippen LogP) is 9.71. The number of ether oxygens (including phenoxy) is 4. The molecule has 1 N–H and O–H groups in total. The Morgan fingerprint density at radius 1 is 0.640 bits per heavy atom. The number of esters is 1. The highest BCUT2D eigenvalue weighted by Crippen LogP contribution is 2.33. The lowest BCUT2D eigenvalue weighted by Gasteiger charge is -2.16. The van der Waals surface area contributed by atoms with Crippen LogP contribution in [-0.4, -0.2) is 52.5 Å². The van der Waals surface area contributed by atoms with E-state index in [4.69, 9.17) is 33.9 Å². The molecular formula is C41H53N3O6. The molecule has 9 nitrogen and oxygen atoms in total. The first kappa shape index (κ1) is 38.1. The highest BCUT2D eigenvalue weighted by atomic mass is 16.6. The van der Waals surface area contributed by atoms with Crippen LogP contribution in [0.1, 0.15) is 86.0 Å². The normalized spacial score (nSPS) is 12.3. The van der Waals surface area contributed by atoms with Crippen LogP contribution in [0.4, 0.5) is 0 Å². The minimum atomic E-state index is -0.487. The summed E-state index contributed by atoms with van der Waals surface area (Å²) in [5.41, 5.74) is 1.97. The van der Waals surface area contributed by atoms with E-state index in [0.717, 1.165) is 48.3 Å². The second kappa shape index (κ2) is 20.1. The third-order valence-corrected chi connectivity index (χ3v) is 8.79. The number of hydrogen-bond donors (Lipinski definition) is 1. The van der Waals surface area contributed by atoms with E-state index in [1.54, 1.807) is 19.1 Å². The second-order valence-corrected chi connectivity index (χ2v) is 12.6. The molecule has 0 spiro atoms. The summed E-state index contributed by atoms with van der Waals surface area (Å²) in [6, 6.07) is 20.3. The number of carbonyl (C=O) groups is 1. The van der Waals surface area contributed by atoms with Crippen molar-refractivity contribution in [3.63, 3.8) is 0 Å². The molecule has 0 amide bonds. The lowest BCUT2D eigenvalue weighted by Crippen LogP contribution is -2.14. The summed E-state index contributed by atoms with van der Waals surface area (Å²) in [5.74, 6) is 3.60. The van der Waals surface area contributed by atoms with Gasteiger partial charge >= 0.3 is 5.97 Å². The largest absolute Gasteiger partial charge is 0.507 e. The zero-order valence-electron chi connectivity index (χ0n) is 30.3. The van der Waals surface area contributed by atoms with Crippen LogP contribution in [0.15, 0.2) is 66.7 Å². The van der Waals surface area contributed by atoms with Crippen LogP contribution in [0.2, 0.25) is 0 Å². The van der Waals surface area contributed by atoms with Crippen molar-refractivity contribution >= 4 is 5.97 Å². The molecule has 0 saturated carbocycles. The van der Waals surface area contributed by atoms with Crippen molar-refractivity contribution in [3.05, 3.63) is 66.7 Å². The Morgan fingerprint density at radius 3 is 1.56 bits per heavy atom. The van der Waals surface area contributed by atoms with E-state index in [2.05, 4.69) is 27.7 Å². The van der Waals surface area contributed by atoms with E-state index in [1.165, 1.54) is 31.7 Å². The van der Waals surface area contributed by atoms with Gasteiger partial charge in [-0.15, -0.1) is 0 Å². The first-order chi connectivity index (χ1) is 24.4. The maximum absolute atomic E-state index is 11.8. The smallest absolute Gasteiger partial charge is 0.344 e. The summed E-state index contributed by atoms with van der Waals surface area (Å²) in [6.45, 7) is 12.0. The van der Waals surface area contributed by atoms with Gasteiger partial charge in [-0.05, 0) is 92.3 Å². The summed E-state index contributed by atoms with van der Waals surface area (Å²) < 4.78 is 22.7. The molecule has 3 aromatic carbocycles. The fourth-order valence-electron chi connectivity index (χ4n) is 5.51. The molecule has 4 rings (SSSR count). The van der Waals surface area contributed by atoms with E-state index in [1.807, 2.05) is 48.5 Å². The minimum Gasteiger partial charge on any atom is -0.507 e. The first-order valence-corrected chi connectivity index (χ1v) is 18.2. The molecule has 268 valence electrons. The number of benzene rings is 3. The number of nitrogens with zero attached hydrogens (tertiary/aromatic N) is 3. The molecule has 0 aliphatic rings. The van der Waals surface area contributed by atoms with E-state index in [9.17, 15) is 9.90 Å². The Hall–Kier alpha value is -4.66. The third-order valence-electron chi connectivity index (χ3n) is 8.79. The van der Waals surface area contributed by atoms with Crippen molar-refractivity contribution in [2.75, 3.05) is 26.4 Å². The van der Waals surface area contributed by atoms with Crippen molar-refractivity contribution in [3.8, 4) is 57.2 Å². The predicted molar refractivity (Wildman–Crippen MR) is 198 cm³/mol. The van der Waals surface area contributed by atoms with Crippen LogP contribution in [0.3, 0.4) is 0 Å². The summed E-state index contributed by atoms with van der Waals surface area (Å²) in [6.07, 6.45) is 9.29. The fraction of sp³-hybridized carbons (Fsp3) is 0.463. The lowest BCUT2D eigenvalue weighted by molar-refractivity contribution is -0.145. The van der Waals surface area contributed by atoms with Crippen LogP contribution in [0.5, 0.6) is 23.0 Å². The Balaban J connectivity index is 1.61. The molecule has 0 saturated heterocycles. The van der Waals surface area contributed by atoms with Gasteiger partial charge in [0, 0.05) is 17.2 Å². The van der Waals surface area contributed by atoms with Crippen molar-refractivity contribution in [1.29, 1.82) is 0 Å². The van der Waals surface area contributed by atoms with Crippen LogP contribution >= 0.6 is 0 Å². The zero-order chi connectivity index (χ0) is 35.7. The molecule has 0 bridgehead atoms. The maximum atomic E-state index is 11.8. The molecule has 1 aromatic heterocycles. The minimum absolute atomic E-state index is 0.0935. The molecule has 1 heterocycles. The topological polar surface area (TPSA) is 113 Å². The average molecular weight is 684 g/mol. The van der Waals surface area contributed by atoms with Gasteiger partial charge < -0.3 is 24.1 Å². The van der Waals surface area contributed by atoms with Gasteiger partial charge in [0.05, 0.1) is 25.4 Å². The van der Waals surface area contributed by atoms with E-state index in [0.29, 0.717) is 53.8 Å². The zero-order valence-corrected chi connectivity index (χ0v) is 30.3. The van der Waals surface area contributed by atoms with Gasteiger partial charge in [0.2, 0.25) is 0 Å². The summed E-state index contributed by atoms with van der Waals surface area (Å²) in [5, 5.41) is 11.0. The maximum Gasteiger partial charge on any atom is 0.344 e. The highest BCUT2D eigenvalue weighted by Gasteiger charge is 2.17. The molecule has 0 aliphatic carbocycles. The number of phenols is 1. The van der Waals surface area contributed by atoms with Crippen LogP contribution in [0.25, 0.3) is 34.2 Å². The summed E-state index contributed by atoms with van der Waals surface area (Å²) in [7, 11) is 0. The van der Waals surface area contributed by atoms with E-state index < -0.39 is 5.97 Å². The molecule has 50 heavy (non-hydrogen) atoms. The molecule has 2 atom stereocenters. The Bertz CT molecular complexity index is 1530. The van der Waals surface area contributed by atoms with Gasteiger partial charge in [-0.25, -0.2) is 19.7 Å². The molecule has 2 unspecified atom stereocenters. The Kier molecular flexibility index (Phi) is 15.3. The Morgan fingerprint density at radius 2 is 1.12 bits per heavy atom. The van der Waals surface area contributed by atoms with Crippen molar-refractivity contribution < 1.29 is 28.8 Å². The average Bonchev–Trinajstić information content (AvgIpc) is 3.14. The third kappa shape index (κ3) is 11.5. The van der Waals surface area contributed by atoms with Crippen molar-refractivity contribution in [2.45, 2.75) is 86.0 Å². The molecule has 9 heteroatoms. The SMILES string of the molecule is CCCCC(CC)COc1ccc(-c2nc(-c3ccc(OCC(CC)CCCC)cc3)nc(-c3ccc(OCC(=O)OCC)cc3O)n2)cc1. The molecule has 0 aliphatic heterocycles.